The van der Waals surface area contributed by atoms with Gasteiger partial charge < -0.3 is 26.4 Å². The molecule has 14 heteroatoms. The van der Waals surface area contributed by atoms with Gasteiger partial charge in [0.1, 0.15) is 23.5 Å². The number of guanidine groups is 1. The molecule has 12 nitrogen and oxygen atoms in total. The number of carbonyl (C=O) groups is 3. The molecule has 0 aliphatic heterocycles. The Balaban J connectivity index is 2.20. The molecule has 0 radical (unpaired) electrons. The second-order valence-corrected chi connectivity index (χ2v) is 12.4. The van der Waals surface area contributed by atoms with Gasteiger partial charge in [-0.05, 0) is 70.4 Å². The summed E-state index contributed by atoms with van der Waals surface area (Å²) >= 11 is 0. The number of hydrogen-bond acceptors (Lipinski definition) is 7. The molecule has 0 bridgehead atoms. The highest BCUT2D eigenvalue weighted by atomic mass is 32.2. The van der Waals surface area contributed by atoms with Crippen molar-refractivity contribution in [2.75, 3.05) is 13.1 Å². The maximum atomic E-state index is 13.9. The van der Waals surface area contributed by atoms with E-state index in [9.17, 15) is 27.2 Å². The third kappa shape index (κ3) is 12.2. The van der Waals surface area contributed by atoms with E-state index in [4.69, 9.17) is 15.9 Å². The van der Waals surface area contributed by atoms with Crippen molar-refractivity contribution in [3.63, 3.8) is 0 Å². The lowest BCUT2D eigenvalue weighted by atomic mass is 10.0. The van der Waals surface area contributed by atoms with Gasteiger partial charge in [0.05, 0.1) is 11.4 Å². The average molecular weight is 607 g/mol. The predicted octanol–water partition coefficient (Wildman–Crippen LogP) is 1.23. The van der Waals surface area contributed by atoms with E-state index in [1.54, 1.807) is 45.9 Å². The van der Waals surface area contributed by atoms with E-state index in [-0.39, 0.29) is 30.2 Å². The number of benzene rings is 2. The quantitative estimate of drug-likeness (QED) is 0.0800. The summed E-state index contributed by atoms with van der Waals surface area (Å²) in [7, 11) is -4.01. The third-order valence-electron chi connectivity index (χ3n) is 5.73. The Morgan fingerprint density at radius 1 is 1.05 bits per heavy atom. The largest absolute Gasteiger partial charge is 0.458 e. The van der Waals surface area contributed by atoms with Crippen LogP contribution in [0.15, 0.2) is 53.4 Å². The van der Waals surface area contributed by atoms with E-state index in [0.29, 0.717) is 12.0 Å². The Labute approximate surface area is 245 Å². The second-order valence-electron chi connectivity index (χ2n) is 10.7. The molecule has 0 aliphatic carbocycles. The van der Waals surface area contributed by atoms with Crippen LogP contribution < -0.4 is 26.4 Å². The first-order valence-electron chi connectivity index (χ1n) is 13.3. The molecule has 0 aromatic heterocycles. The Bertz CT molecular complexity index is 1360. The van der Waals surface area contributed by atoms with Gasteiger partial charge in [-0.15, -0.1) is 0 Å². The van der Waals surface area contributed by atoms with Crippen molar-refractivity contribution in [2.24, 2.45) is 5.73 Å². The highest BCUT2D eigenvalue weighted by Gasteiger charge is 2.30. The van der Waals surface area contributed by atoms with Crippen LogP contribution in [-0.4, -0.2) is 62.9 Å². The van der Waals surface area contributed by atoms with Crippen LogP contribution in [0.5, 0.6) is 0 Å². The summed E-state index contributed by atoms with van der Waals surface area (Å²) in [5.41, 5.74) is 5.69. The van der Waals surface area contributed by atoms with E-state index in [2.05, 4.69) is 20.7 Å². The van der Waals surface area contributed by atoms with Crippen molar-refractivity contribution >= 4 is 33.8 Å². The molecule has 0 spiro atoms. The number of aryl methyl sites for hydroxylation is 1. The van der Waals surface area contributed by atoms with Crippen molar-refractivity contribution < 1.29 is 31.9 Å². The zero-order valence-corrected chi connectivity index (χ0v) is 24.9. The van der Waals surface area contributed by atoms with Crippen LogP contribution in [0, 0.1) is 18.2 Å². The zero-order chi connectivity index (χ0) is 31.5. The van der Waals surface area contributed by atoms with Gasteiger partial charge in [0, 0.05) is 13.0 Å². The molecule has 0 saturated heterocycles. The van der Waals surface area contributed by atoms with Crippen molar-refractivity contribution in [3.8, 4) is 0 Å². The summed E-state index contributed by atoms with van der Waals surface area (Å²) in [6.45, 7) is 6.41. The van der Waals surface area contributed by atoms with E-state index < -0.39 is 57.9 Å². The molecule has 2 rings (SSSR count). The lowest BCUT2D eigenvalue weighted by Crippen LogP contribution is -2.54. The third-order valence-corrected chi connectivity index (χ3v) is 7.14. The molecule has 2 unspecified atom stereocenters. The standard InChI is InChI=1S/C28H39FN6O6S/c1-18-10-12-21(13-11-18)42(39,40)33-17-24(36)34-23(16-19-7-5-8-20(29)15-19)25(37)35-22(9-6-14-32-27(30)31)26(38)41-28(2,3)4/h5,7-8,10-13,15,22-23,33H,6,9,14,16-17H2,1-4H3,(H,34,36)(H,35,37)(H4,30,31,32). The van der Waals surface area contributed by atoms with Gasteiger partial charge >= 0.3 is 5.97 Å². The molecule has 0 heterocycles. The number of esters is 1. The first-order valence-corrected chi connectivity index (χ1v) is 14.8. The molecular weight excluding hydrogens is 567 g/mol. The number of nitrogens with one attached hydrogen (secondary N) is 5. The highest BCUT2D eigenvalue weighted by molar-refractivity contribution is 7.89. The van der Waals surface area contributed by atoms with Crippen molar-refractivity contribution in [2.45, 2.75) is 69.5 Å². The van der Waals surface area contributed by atoms with Gasteiger partial charge in [-0.3, -0.25) is 15.0 Å². The molecule has 0 fully saturated rings. The summed E-state index contributed by atoms with van der Waals surface area (Å²) in [6.07, 6.45) is 0.316. The second kappa shape index (κ2) is 15.3. The summed E-state index contributed by atoms with van der Waals surface area (Å²) in [5, 5.41) is 15.0. The van der Waals surface area contributed by atoms with E-state index in [1.807, 2.05) is 0 Å². The molecule has 230 valence electrons. The van der Waals surface area contributed by atoms with E-state index in [1.165, 1.54) is 30.3 Å². The van der Waals surface area contributed by atoms with Crippen LogP contribution >= 0.6 is 0 Å². The summed E-state index contributed by atoms with van der Waals surface area (Å²) in [4.78, 5) is 39.1. The maximum absolute atomic E-state index is 13.9. The van der Waals surface area contributed by atoms with Crippen molar-refractivity contribution in [3.05, 3.63) is 65.5 Å². The summed E-state index contributed by atoms with van der Waals surface area (Å²) < 4.78 is 46.7. The van der Waals surface area contributed by atoms with Gasteiger partial charge in [0.2, 0.25) is 21.8 Å². The number of sulfonamides is 1. The fourth-order valence-electron chi connectivity index (χ4n) is 3.74. The Hall–Kier alpha value is -4.04. The highest BCUT2D eigenvalue weighted by Crippen LogP contribution is 2.13. The molecule has 7 N–H and O–H groups in total. The van der Waals surface area contributed by atoms with Crippen LogP contribution in [0.1, 0.15) is 44.7 Å². The van der Waals surface area contributed by atoms with Crippen molar-refractivity contribution in [1.29, 1.82) is 5.41 Å². The molecule has 2 amide bonds. The Morgan fingerprint density at radius 3 is 2.31 bits per heavy atom. The maximum Gasteiger partial charge on any atom is 0.329 e. The van der Waals surface area contributed by atoms with Gasteiger partial charge in [-0.2, -0.15) is 0 Å². The van der Waals surface area contributed by atoms with Gasteiger partial charge in [-0.25, -0.2) is 22.3 Å². The number of nitrogens with two attached hydrogens (primary N) is 1. The molecule has 0 aliphatic rings. The molecule has 2 aromatic rings. The molecule has 2 aromatic carbocycles. The smallest absolute Gasteiger partial charge is 0.329 e. The van der Waals surface area contributed by atoms with Crippen LogP contribution in [0.3, 0.4) is 0 Å². The number of rotatable bonds is 14. The fraction of sp³-hybridized carbons (Fsp3) is 0.429. The van der Waals surface area contributed by atoms with Gasteiger partial charge in [0.15, 0.2) is 5.96 Å². The van der Waals surface area contributed by atoms with E-state index in [0.717, 1.165) is 5.56 Å². The molecule has 0 saturated carbocycles. The minimum atomic E-state index is -4.01. The zero-order valence-electron chi connectivity index (χ0n) is 24.1. The van der Waals surface area contributed by atoms with Gasteiger partial charge in [0.25, 0.3) is 0 Å². The lowest BCUT2D eigenvalue weighted by Gasteiger charge is -2.26. The number of amides is 2. The first-order chi connectivity index (χ1) is 19.6. The number of carbonyl (C=O) groups excluding carboxylic acids is 3. The first kappa shape index (κ1) is 34.2. The Kier molecular flexibility index (Phi) is 12.4. The molecule has 42 heavy (non-hydrogen) atoms. The Morgan fingerprint density at radius 2 is 1.71 bits per heavy atom. The number of hydrogen-bond donors (Lipinski definition) is 6. The van der Waals surface area contributed by atoms with Crippen molar-refractivity contribution in [1.82, 2.24) is 20.7 Å². The molecular formula is C28H39FN6O6S. The van der Waals surface area contributed by atoms with Crippen LogP contribution in [0.2, 0.25) is 0 Å². The normalized spacial score (nSPS) is 13.0. The predicted molar refractivity (Wildman–Crippen MR) is 155 cm³/mol. The number of ether oxygens (including phenoxy) is 1. The van der Waals surface area contributed by atoms with E-state index >= 15 is 0 Å². The fourth-order valence-corrected chi connectivity index (χ4v) is 4.72. The summed E-state index contributed by atoms with van der Waals surface area (Å²) in [5.74, 6) is -3.08. The van der Waals surface area contributed by atoms with Crippen LogP contribution in [-0.2, 0) is 35.6 Å². The topological polar surface area (TPSA) is 193 Å². The number of halogens is 1. The molecule has 2 atom stereocenters. The minimum Gasteiger partial charge on any atom is -0.458 e. The monoisotopic (exact) mass is 606 g/mol. The lowest BCUT2D eigenvalue weighted by molar-refractivity contribution is -0.159. The van der Waals surface area contributed by atoms with Gasteiger partial charge in [-0.1, -0.05) is 29.8 Å². The average Bonchev–Trinajstić information content (AvgIpc) is 2.88. The minimum absolute atomic E-state index is 0.0329. The summed E-state index contributed by atoms with van der Waals surface area (Å²) in [6, 6.07) is 9.07. The van der Waals surface area contributed by atoms with Crippen LogP contribution in [0.4, 0.5) is 4.39 Å². The SMILES string of the molecule is Cc1ccc(S(=O)(=O)NCC(=O)NC(Cc2cccc(F)c2)C(=O)NC(CCCNC(=N)N)C(=O)OC(C)(C)C)cc1. The van der Waals surface area contributed by atoms with Crippen LogP contribution in [0.25, 0.3) is 0 Å².